The molecule has 0 spiro atoms. The summed E-state index contributed by atoms with van der Waals surface area (Å²) in [5.41, 5.74) is 0.883. The molecule has 2 aromatic rings. The predicted octanol–water partition coefficient (Wildman–Crippen LogP) is 3.84. The third-order valence-corrected chi connectivity index (χ3v) is 6.08. The molecule has 1 saturated heterocycles. The first-order valence-corrected chi connectivity index (χ1v) is 9.06. The number of halogens is 3. The Morgan fingerprint density at radius 3 is 2.72 bits per heavy atom. The van der Waals surface area contributed by atoms with Crippen LogP contribution in [0.4, 0.5) is 0 Å². The van der Waals surface area contributed by atoms with Crippen LogP contribution < -0.4 is 5.32 Å². The minimum absolute atomic E-state index is 0. The average Bonchev–Trinajstić information content (AvgIpc) is 3.00. The van der Waals surface area contributed by atoms with Crippen molar-refractivity contribution in [1.29, 1.82) is 0 Å². The molecule has 1 aliphatic carbocycles. The van der Waals surface area contributed by atoms with Gasteiger partial charge in [0.25, 0.3) is 0 Å². The van der Waals surface area contributed by atoms with Gasteiger partial charge in [0.2, 0.25) is 5.89 Å². The zero-order valence-electron chi connectivity index (χ0n) is 14.0. The van der Waals surface area contributed by atoms with Crippen LogP contribution in [0.2, 0.25) is 10.0 Å². The third-order valence-electron chi connectivity index (χ3n) is 5.34. The van der Waals surface area contributed by atoms with Crippen molar-refractivity contribution in [1.82, 2.24) is 20.4 Å². The molecular formula is C17H21Cl3N4O. The number of hydrogen-bond donors (Lipinski definition) is 1. The van der Waals surface area contributed by atoms with Crippen LogP contribution in [-0.4, -0.2) is 41.7 Å². The van der Waals surface area contributed by atoms with E-state index >= 15 is 0 Å². The highest BCUT2D eigenvalue weighted by Gasteiger charge is 2.46. The first-order valence-electron chi connectivity index (χ1n) is 8.31. The lowest BCUT2D eigenvalue weighted by atomic mass is 9.64. The summed E-state index contributed by atoms with van der Waals surface area (Å²) in [7, 11) is 2.10. The van der Waals surface area contributed by atoms with E-state index in [1.165, 1.54) is 0 Å². The molecule has 0 amide bonds. The minimum Gasteiger partial charge on any atom is -0.338 e. The van der Waals surface area contributed by atoms with Gasteiger partial charge in [-0.05, 0) is 37.6 Å². The maximum atomic E-state index is 6.22. The van der Waals surface area contributed by atoms with Gasteiger partial charge >= 0.3 is 0 Å². The van der Waals surface area contributed by atoms with Crippen molar-refractivity contribution < 1.29 is 4.52 Å². The highest BCUT2D eigenvalue weighted by molar-refractivity contribution is 6.42. The topological polar surface area (TPSA) is 54.2 Å². The van der Waals surface area contributed by atoms with Gasteiger partial charge in [0, 0.05) is 19.6 Å². The lowest BCUT2D eigenvalue weighted by Gasteiger charge is -2.39. The van der Waals surface area contributed by atoms with E-state index in [1.54, 1.807) is 0 Å². The summed E-state index contributed by atoms with van der Waals surface area (Å²) in [4.78, 5) is 7.03. The zero-order chi connectivity index (χ0) is 16.7. The Bertz CT molecular complexity index is 747. The number of hydrogen-bond acceptors (Lipinski definition) is 5. The van der Waals surface area contributed by atoms with Crippen molar-refractivity contribution in [2.24, 2.45) is 0 Å². The van der Waals surface area contributed by atoms with Crippen molar-refractivity contribution in [3.63, 3.8) is 0 Å². The quantitative estimate of drug-likeness (QED) is 0.844. The van der Waals surface area contributed by atoms with Gasteiger partial charge in [0.1, 0.15) is 0 Å². The van der Waals surface area contributed by atoms with Crippen LogP contribution in [0.25, 0.3) is 0 Å². The van der Waals surface area contributed by atoms with E-state index in [0.717, 1.165) is 50.3 Å². The number of likely N-dealkylation sites (N-methyl/N-ethyl adjacent to an activating group) is 1. The van der Waals surface area contributed by atoms with Crippen LogP contribution in [0.5, 0.6) is 0 Å². The molecule has 1 unspecified atom stereocenters. The zero-order valence-corrected chi connectivity index (χ0v) is 16.3. The fourth-order valence-corrected chi connectivity index (χ4v) is 3.91. The fraction of sp³-hybridized carbons (Fsp3) is 0.529. The second kappa shape index (κ2) is 7.41. The summed E-state index contributed by atoms with van der Waals surface area (Å²) in [5, 5.41) is 8.80. The summed E-state index contributed by atoms with van der Waals surface area (Å²) < 4.78 is 5.71. The smallest absolute Gasteiger partial charge is 0.237 e. The molecule has 0 bridgehead atoms. The highest BCUT2D eigenvalue weighted by atomic mass is 35.5. The van der Waals surface area contributed by atoms with E-state index in [-0.39, 0.29) is 23.9 Å². The normalized spacial score (nSPS) is 22.9. The van der Waals surface area contributed by atoms with Gasteiger partial charge in [-0.25, -0.2) is 0 Å². The van der Waals surface area contributed by atoms with Gasteiger partial charge in [-0.15, -0.1) is 12.4 Å². The Morgan fingerprint density at radius 1 is 1.28 bits per heavy atom. The van der Waals surface area contributed by atoms with Gasteiger partial charge in [-0.2, -0.15) is 4.98 Å². The van der Waals surface area contributed by atoms with Crippen molar-refractivity contribution in [3.8, 4) is 0 Å². The van der Waals surface area contributed by atoms with Crippen LogP contribution in [0.3, 0.4) is 0 Å². The number of benzene rings is 1. The van der Waals surface area contributed by atoms with Gasteiger partial charge in [0.15, 0.2) is 5.82 Å². The maximum absolute atomic E-state index is 6.22. The second-order valence-electron chi connectivity index (χ2n) is 6.72. The van der Waals surface area contributed by atoms with E-state index < -0.39 is 0 Å². The van der Waals surface area contributed by atoms with Crippen LogP contribution >= 0.6 is 35.6 Å². The molecule has 2 aliphatic rings. The Hall–Kier alpha value is -0.850. The molecule has 0 radical (unpaired) electrons. The van der Waals surface area contributed by atoms with Gasteiger partial charge in [-0.1, -0.05) is 40.8 Å². The summed E-state index contributed by atoms with van der Waals surface area (Å²) in [6.45, 7) is 2.81. The standard InChI is InChI=1S/C17H20Cl2N4O.ClH/c1-23-8-7-20-10-14(23)15-21-16(24-22-15)17(5-2-6-17)11-3-4-12(18)13(19)9-11;/h3-4,9,14,20H,2,5-8,10H2,1H3;1H. The van der Waals surface area contributed by atoms with Crippen molar-refractivity contribution in [3.05, 3.63) is 45.5 Å². The highest BCUT2D eigenvalue weighted by Crippen LogP contribution is 2.49. The van der Waals surface area contributed by atoms with E-state index in [2.05, 4.69) is 22.4 Å². The lowest BCUT2D eigenvalue weighted by molar-refractivity contribution is 0.188. The molecule has 1 atom stereocenters. The molecule has 136 valence electrons. The number of aromatic nitrogens is 2. The maximum Gasteiger partial charge on any atom is 0.237 e. The first kappa shape index (κ1) is 18.9. The summed E-state index contributed by atoms with van der Waals surface area (Å²) in [6, 6.07) is 5.95. The Morgan fingerprint density at radius 2 is 2.08 bits per heavy atom. The number of nitrogens with zero attached hydrogens (tertiary/aromatic N) is 3. The minimum atomic E-state index is -0.222. The molecule has 1 saturated carbocycles. The van der Waals surface area contributed by atoms with Crippen LogP contribution in [0.15, 0.2) is 22.7 Å². The first-order chi connectivity index (χ1) is 11.6. The van der Waals surface area contributed by atoms with Gasteiger partial charge in [-0.3, -0.25) is 4.90 Å². The van der Waals surface area contributed by atoms with Gasteiger partial charge in [0.05, 0.1) is 21.5 Å². The third kappa shape index (κ3) is 3.28. The molecular weight excluding hydrogens is 383 g/mol. The number of piperazine rings is 1. The SMILES string of the molecule is CN1CCNCC1c1noc(C2(c3ccc(Cl)c(Cl)c3)CCC2)n1.Cl. The molecule has 2 heterocycles. The van der Waals surface area contributed by atoms with E-state index in [0.29, 0.717) is 15.9 Å². The lowest BCUT2D eigenvalue weighted by Crippen LogP contribution is -2.44. The molecule has 1 aliphatic heterocycles. The van der Waals surface area contributed by atoms with E-state index in [9.17, 15) is 0 Å². The Labute approximate surface area is 163 Å². The number of nitrogens with one attached hydrogen (secondary N) is 1. The van der Waals surface area contributed by atoms with Crippen LogP contribution in [0, 0.1) is 0 Å². The number of rotatable bonds is 3. The Kier molecular flexibility index (Phi) is 5.61. The molecule has 1 aromatic heterocycles. The molecule has 1 N–H and O–H groups in total. The van der Waals surface area contributed by atoms with Crippen LogP contribution in [-0.2, 0) is 5.41 Å². The second-order valence-corrected chi connectivity index (χ2v) is 7.54. The fourth-order valence-electron chi connectivity index (χ4n) is 3.61. The predicted molar refractivity (Wildman–Crippen MR) is 101 cm³/mol. The molecule has 5 nitrogen and oxygen atoms in total. The van der Waals surface area contributed by atoms with E-state index in [4.69, 9.17) is 32.7 Å². The van der Waals surface area contributed by atoms with Crippen molar-refractivity contribution in [2.75, 3.05) is 26.7 Å². The van der Waals surface area contributed by atoms with Crippen LogP contribution in [0.1, 0.15) is 42.6 Å². The molecule has 25 heavy (non-hydrogen) atoms. The van der Waals surface area contributed by atoms with Gasteiger partial charge < -0.3 is 9.84 Å². The molecule has 8 heteroatoms. The van der Waals surface area contributed by atoms with Crippen molar-refractivity contribution >= 4 is 35.6 Å². The largest absolute Gasteiger partial charge is 0.338 e. The van der Waals surface area contributed by atoms with E-state index in [1.807, 2.05) is 18.2 Å². The monoisotopic (exact) mass is 402 g/mol. The summed E-state index contributed by atoms with van der Waals surface area (Å²) in [5.74, 6) is 1.45. The summed E-state index contributed by atoms with van der Waals surface area (Å²) >= 11 is 12.3. The average molecular weight is 404 g/mol. The van der Waals surface area contributed by atoms with Crippen molar-refractivity contribution in [2.45, 2.75) is 30.7 Å². The molecule has 1 aromatic carbocycles. The Balaban J connectivity index is 0.00000182. The molecule has 4 rings (SSSR count). The summed E-state index contributed by atoms with van der Waals surface area (Å²) in [6.07, 6.45) is 3.12. The molecule has 2 fully saturated rings.